The van der Waals surface area contributed by atoms with Crippen molar-refractivity contribution in [1.82, 2.24) is 5.32 Å². The summed E-state index contributed by atoms with van der Waals surface area (Å²) in [6.45, 7) is 0. The fraction of sp³-hybridized carbons (Fsp3) is 0.235. The van der Waals surface area contributed by atoms with E-state index in [4.69, 9.17) is 11.6 Å². The lowest BCUT2D eigenvalue weighted by molar-refractivity contribution is -0.121. The zero-order chi connectivity index (χ0) is 17.3. The van der Waals surface area contributed by atoms with Gasteiger partial charge >= 0.3 is 0 Å². The SMILES string of the molecule is O=C(Cc1c(F)cccc1Cl)N[C@@H]1CCS(=O)(=O)c2ccccc21. The first-order chi connectivity index (χ1) is 11.4. The molecule has 126 valence electrons. The molecular formula is C17H15ClFNO3S. The van der Waals surface area contributed by atoms with E-state index in [0.29, 0.717) is 5.56 Å². The van der Waals surface area contributed by atoms with Gasteiger partial charge in [0.05, 0.1) is 23.1 Å². The lowest BCUT2D eigenvalue weighted by Crippen LogP contribution is -2.34. The molecule has 1 atom stereocenters. The zero-order valence-electron chi connectivity index (χ0n) is 12.6. The molecule has 1 heterocycles. The van der Waals surface area contributed by atoms with E-state index in [9.17, 15) is 17.6 Å². The van der Waals surface area contributed by atoms with Gasteiger partial charge in [-0.3, -0.25) is 4.79 Å². The predicted molar refractivity (Wildman–Crippen MR) is 89.1 cm³/mol. The maximum atomic E-state index is 13.8. The summed E-state index contributed by atoms with van der Waals surface area (Å²) < 4.78 is 38.0. The van der Waals surface area contributed by atoms with E-state index < -0.39 is 27.6 Å². The summed E-state index contributed by atoms with van der Waals surface area (Å²) >= 11 is 5.94. The molecular weight excluding hydrogens is 353 g/mol. The summed E-state index contributed by atoms with van der Waals surface area (Å²) in [6.07, 6.45) is 0.0903. The van der Waals surface area contributed by atoms with E-state index in [1.807, 2.05) is 0 Å². The summed E-state index contributed by atoms with van der Waals surface area (Å²) in [5.74, 6) is -0.972. The highest BCUT2D eigenvalue weighted by Crippen LogP contribution is 2.32. The van der Waals surface area contributed by atoms with Crippen LogP contribution in [0.2, 0.25) is 5.02 Å². The summed E-state index contributed by atoms with van der Waals surface area (Å²) in [5, 5.41) is 2.98. The summed E-state index contributed by atoms with van der Waals surface area (Å²) in [7, 11) is -3.32. The third-order valence-electron chi connectivity index (χ3n) is 4.04. The summed E-state index contributed by atoms with van der Waals surface area (Å²) in [5.41, 5.74) is 0.699. The molecule has 0 unspecified atom stereocenters. The molecule has 2 aromatic carbocycles. The number of hydrogen-bond acceptors (Lipinski definition) is 3. The third-order valence-corrected chi connectivity index (χ3v) is 6.21. The number of halogens is 2. The first-order valence-electron chi connectivity index (χ1n) is 7.42. The van der Waals surface area contributed by atoms with Crippen molar-refractivity contribution in [2.45, 2.75) is 23.8 Å². The Morgan fingerprint density at radius 3 is 2.71 bits per heavy atom. The molecule has 0 radical (unpaired) electrons. The van der Waals surface area contributed by atoms with Crippen LogP contribution in [0.5, 0.6) is 0 Å². The van der Waals surface area contributed by atoms with Crippen molar-refractivity contribution in [3.63, 3.8) is 0 Å². The number of carbonyl (C=O) groups is 1. The Hall–Kier alpha value is -1.92. The molecule has 0 fully saturated rings. The summed E-state index contributed by atoms with van der Waals surface area (Å²) in [4.78, 5) is 12.5. The van der Waals surface area contributed by atoms with E-state index in [1.165, 1.54) is 24.3 Å². The van der Waals surface area contributed by atoms with Crippen molar-refractivity contribution in [1.29, 1.82) is 0 Å². The minimum absolute atomic E-state index is 0.0323. The van der Waals surface area contributed by atoms with Crippen LogP contribution in [0.4, 0.5) is 4.39 Å². The second kappa shape index (κ2) is 6.53. The second-order valence-electron chi connectivity index (χ2n) is 5.64. The number of amides is 1. The van der Waals surface area contributed by atoms with E-state index in [0.717, 1.165) is 0 Å². The molecule has 1 aliphatic rings. The standard InChI is InChI=1S/C17H15ClFNO3S/c18-13-5-3-6-14(19)12(13)10-17(21)20-15-8-9-24(22,23)16-7-2-1-4-11(15)16/h1-7,15H,8-10H2,(H,20,21)/t15-/m1/s1. The van der Waals surface area contributed by atoms with Crippen molar-refractivity contribution in [2.24, 2.45) is 0 Å². The van der Waals surface area contributed by atoms with Gasteiger partial charge in [0.25, 0.3) is 0 Å². The Balaban J connectivity index is 1.81. The number of carbonyl (C=O) groups excluding carboxylic acids is 1. The molecule has 0 saturated heterocycles. The molecule has 1 N–H and O–H groups in total. The van der Waals surface area contributed by atoms with E-state index in [2.05, 4.69) is 5.32 Å². The lowest BCUT2D eigenvalue weighted by atomic mass is 10.0. The predicted octanol–water partition coefficient (Wildman–Crippen LogP) is 3.06. The molecule has 1 amide bonds. The Labute approximate surface area is 144 Å². The maximum Gasteiger partial charge on any atom is 0.225 e. The van der Waals surface area contributed by atoms with Gasteiger partial charge < -0.3 is 5.32 Å². The minimum Gasteiger partial charge on any atom is -0.349 e. The highest BCUT2D eigenvalue weighted by atomic mass is 35.5. The van der Waals surface area contributed by atoms with E-state index in [1.54, 1.807) is 18.2 Å². The zero-order valence-corrected chi connectivity index (χ0v) is 14.2. The number of hydrogen-bond donors (Lipinski definition) is 1. The van der Waals surface area contributed by atoms with Crippen molar-refractivity contribution >= 4 is 27.3 Å². The third kappa shape index (κ3) is 3.30. The van der Waals surface area contributed by atoms with Crippen LogP contribution in [0.25, 0.3) is 0 Å². The van der Waals surface area contributed by atoms with Crippen LogP contribution in [0, 0.1) is 5.82 Å². The van der Waals surface area contributed by atoms with Gasteiger partial charge in [0, 0.05) is 10.6 Å². The van der Waals surface area contributed by atoms with Crippen molar-refractivity contribution < 1.29 is 17.6 Å². The first-order valence-corrected chi connectivity index (χ1v) is 9.45. The molecule has 0 aromatic heterocycles. The van der Waals surface area contributed by atoms with Gasteiger partial charge in [0.2, 0.25) is 5.91 Å². The van der Waals surface area contributed by atoms with Gasteiger partial charge in [-0.15, -0.1) is 0 Å². The molecule has 3 rings (SSSR count). The van der Waals surface area contributed by atoms with Gasteiger partial charge in [-0.2, -0.15) is 0 Å². The van der Waals surface area contributed by atoms with Gasteiger partial charge in [-0.25, -0.2) is 12.8 Å². The van der Waals surface area contributed by atoms with Crippen molar-refractivity contribution in [3.8, 4) is 0 Å². The monoisotopic (exact) mass is 367 g/mol. The van der Waals surface area contributed by atoms with Crippen LogP contribution >= 0.6 is 11.6 Å². The molecule has 1 aliphatic heterocycles. The fourth-order valence-corrected chi connectivity index (χ4v) is 4.70. The largest absolute Gasteiger partial charge is 0.349 e. The molecule has 4 nitrogen and oxygen atoms in total. The smallest absolute Gasteiger partial charge is 0.225 e. The quantitative estimate of drug-likeness (QED) is 0.906. The Morgan fingerprint density at radius 1 is 1.21 bits per heavy atom. The molecule has 0 spiro atoms. The van der Waals surface area contributed by atoms with Gasteiger partial charge in [0.15, 0.2) is 9.84 Å². The molecule has 0 saturated carbocycles. The van der Waals surface area contributed by atoms with Crippen LogP contribution < -0.4 is 5.32 Å². The molecule has 7 heteroatoms. The molecule has 0 aliphatic carbocycles. The highest BCUT2D eigenvalue weighted by molar-refractivity contribution is 7.91. The average Bonchev–Trinajstić information content (AvgIpc) is 2.54. The number of fused-ring (bicyclic) bond motifs is 1. The highest BCUT2D eigenvalue weighted by Gasteiger charge is 2.30. The number of nitrogens with one attached hydrogen (secondary N) is 1. The second-order valence-corrected chi connectivity index (χ2v) is 8.13. The number of benzene rings is 2. The van der Waals surface area contributed by atoms with Crippen LogP contribution in [0.1, 0.15) is 23.6 Å². The van der Waals surface area contributed by atoms with E-state index >= 15 is 0 Å². The normalized spacial score (nSPS) is 18.7. The van der Waals surface area contributed by atoms with E-state index in [-0.39, 0.29) is 34.1 Å². The fourth-order valence-electron chi connectivity index (χ4n) is 2.85. The van der Waals surface area contributed by atoms with Gasteiger partial charge in [-0.05, 0) is 30.2 Å². The molecule has 2 aromatic rings. The van der Waals surface area contributed by atoms with Gasteiger partial charge in [-0.1, -0.05) is 35.9 Å². The van der Waals surface area contributed by atoms with Gasteiger partial charge in [0.1, 0.15) is 5.82 Å². The number of sulfone groups is 1. The summed E-state index contributed by atoms with van der Waals surface area (Å²) in [6, 6.07) is 10.4. The maximum absolute atomic E-state index is 13.8. The van der Waals surface area contributed by atoms with Crippen LogP contribution in [0.15, 0.2) is 47.4 Å². The van der Waals surface area contributed by atoms with Crippen molar-refractivity contribution in [3.05, 3.63) is 64.4 Å². The molecule has 0 bridgehead atoms. The Morgan fingerprint density at radius 2 is 1.96 bits per heavy atom. The average molecular weight is 368 g/mol. The minimum atomic E-state index is -3.32. The van der Waals surface area contributed by atoms with Crippen LogP contribution in [0.3, 0.4) is 0 Å². The Kier molecular flexibility index (Phi) is 4.60. The lowest BCUT2D eigenvalue weighted by Gasteiger charge is -2.26. The Bertz CT molecular complexity index is 878. The van der Waals surface area contributed by atoms with Crippen LogP contribution in [-0.4, -0.2) is 20.1 Å². The topological polar surface area (TPSA) is 63.2 Å². The van der Waals surface area contributed by atoms with Crippen LogP contribution in [-0.2, 0) is 21.1 Å². The van der Waals surface area contributed by atoms with Crippen molar-refractivity contribution in [2.75, 3.05) is 5.75 Å². The number of rotatable bonds is 3. The first kappa shape index (κ1) is 16.9. The molecule has 24 heavy (non-hydrogen) atoms.